The summed E-state index contributed by atoms with van der Waals surface area (Å²) in [4.78, 5) is 26.6. The Balaban J connectivity index is 2.57. The molecule has 0 saturated carbocycles. The van der Waals surface area contributed by atoms with Gasteiger partial charge in [-0.25, -0.2) is 9.78 Å². The Morgan fingerprint density at radius 2 is 2.00 bits per heavy atom. The largest absolute Gasteiger partial charge is 0.477 e. The number of rotatable bonds is 4. The van der Waals surface area contributed by atoms with Gasteiger partial charge in [-0.2, -0.15) is 0 Å². The highest BCUT2D eigenvalue weighted by molar-refractivity contribution is 7.17. The lowest BCUT2D eigenvalue weighted by Gasteiger charge is -2.20. The van der Waals surface area contributed by atoms with E-state index in [1.54, 1.807) is 6.92 Å². The third-order valence-corrected chi connectivity index (χ3v) is 3.01. The molecule has 6 nitrogen and oxygen atoms in total. The summed E-state index contributed by atoms with van der Waals surface area (Å²) >= 11 is 1.03. The van der Waals surface area contributed by atoms with Crippen molar-refractivity contribution in [3.8, 4) is 0 Å². The lowest BCUT2D eigenvalue weighted by Crippen LogP contribution is -2.43. The molecule has 0 atom stereocenters. The topological polar surface area (TPSA) is 91.3 Å². The minimum atomic E-state index is -1.00. The van der Waals surface area contributed by atoms with E-state index >= 15 is 0 Å². The van der Waals surface area contributed by atoms with E-state index in [0.717, 1.165) is 11.3 Å². The summed E-state index contributed by atoms with van der Waals surface area (Å²) in [6, 6.07) is 0. The molecule has 0 aliphatic heterocycles. The molecule has 0 saturated heterocycles. The number of aromatic nitrogens is 1. The van der Waals surface area contributed by atoms with Gasteiger partial charge in [-0.3, -0.25) is 4.79 Å². The number of carbonyl (C=O) groups is 2. The van der Waals surface area contributed by atoms with Gasteiger partial charge in [0.25, 0.3) is 0 Å². The van der Waals surface area contributed by atoms with Crippen molar-refractivity contribution in [3.63, 3.8) is 0 Å². The van der Waals surface area contributed by atoms with Gasteiger partial charge in [-0.15, -0.1) is 0 Å². The Bertz CT molecular complexity index is 463. The van der Waals surface area contributed by atoms with Crippen LogP contribution in [0, 0.1) is 6.92 Å². The first-order chi connectivity index (χ1) is 8.19. The lowest BCUT2D eigenvalue weighted by atomic mass is 10.1. The number of thiazole rings is 1. The van der Waals surface area contributed by atoms with E-state index in [4.69, 9.17) is 5.11 Å². The van der Waals surface area contributed by atoms with Crippen molar-refractivity contribution in [1.82, 2.24) is 10.3 Å². The maximum absolute atomic E-state index is 11.5. The summed E-state index contributed by atoms with van der Waals surface area (Å²) in [7, 11) is 0. The normalized spacial score (nSPS) is 11.1. The predicted octanol–water partition coefficient (Wildman–Crippen LogP) is 1.48. The number of carboxylic acids is 1. The van der Waals surface area contributed by atoms with Crippen molar-refractivity contribution in [2.24, 2.45) is 0 Å². The number of nitrogens with zero attached hydrogens (tertiary/aromatic N) is 1. The average Bonchev–Trinajstić information content (AvgIpc) is 2.54. The number of aryl methyl sites for hydroxylation is 1. The molecular formula is C11H17N3O3S. The van der Waals surface area contributed by atoms with E-state index in [-0.39, 0.29) is 22.9 Å². The molecule has 0 aromatic carbocycles. The van der Waals surface area contributed by atoms with E-state index in [9.17, 15) is 9.59 Å². The zero-order chi connectivity index (χ0) is 13.9. The lowest BCUT2D eigenvalue weighted by molar-refractivity contribution is -0.120. The van der Waals surface area contributed by atoms with Gasteiger partial charge < -0.3 is 15.7 Å². The summed E-state index contributed by atoms with van der Waals surface area (Å²) in [5.41, 5.74) is 0.162. The number of carbonyl (C=O) groups excluding carboxylic acids is 1. The fraction of sp³-hybridized carbons (Fsp3) is 0.545. The van der Waals surface area contributed by atoms with Crippen LogP contribution < -0.4 is 10.6 Å². The summed E-state index contributed by atoms with van der Waals surface area (Å²) in [5, 5.41) is 14.9. The molecule has 3 N–H and O–H groups in total. The van der Waals surface area contributed by atoms with E-state index in [2.05, 4.69) is 15.6 Å². The van der Waals surface area contributed by atoms with Gasteiger partial charge in [0.1, 0.15) is 4.88 Å². The van der Waals surface area contributed by atoms with E-state index in [1.165, 1.54) is 0 Å². The fourth-order valence-corrected chi connectivity index (χ4v) is 2.09. The molecule has 0 aliphatic carbocycles. The number of amides is 1. The van der Waals surface area contributed by atoms with Crippen LogP contribution >= 0.6 is 11.3 Å². The van der Waals surface area contributed by atoms with Crippen LogP contribution in [-0.2, 0) is 4.79 Å². The summed E-state index contributed by atoms with van der Waals surface area (Å²) in [5.74, 6) is -1.16. The van der Waals surface area contributed by atoms with Gasteiger partial charge in [-0.05, 0) is 27.7 Å². The first kappa shape index (κ1) is 14.4. The van der Waals surface area contributed by atoms with Crippen molar-refractivity contribution in [1.29, 1.82) is 0 Å². The van der Waals surface area contributed by atoms with Crippen molar-refractivity contribution in [3.05, 3.63) is 10.6 Å². The zero-order valence-corrected chi connectivity index (χ0v) is 11.6. The van der Waals surface area contributed by atoms with E-state index in [0.29, 0.717) is 10.8 Å². The Kier molecular flexibility index (Phi) is 4.28. The van der Waals surface area contributed by atoms with E-state index < -0.39 is 5.97 Å². The fourth-order valence-electron chi connectivity index (χ4n) is 1.29. The van der Waals surface area contributed by atoms with Crippen LogP contribution in [0.25, 0.3) is 0 Å². The minimum Gasteiger partial charge on any atom is -0.477 e. The van der Waals surface area contributed by atoms with Crippen LogP contribution in [0.4, 0.5) is 5.13 Å². The quantitative estimate of drug-likeness (QED) is 0.771. The standard InChI is InChI=1S/C11H17N3O3S/c1-6-8(9(16)17)18-10(13-6)12-5-7(15)14-11(2,3)4/h5H2,1-4H3,(H,12,13)(H,14,15)(H,16,17). The highest BCUT2D eigenvalue weighted by atomic mass is 32.1. The molecule has 18 heavy (non-hydrogen) atoms. The predicted molar refractivity (Wildman–Crippen MR) is 70.2 cm³/mol. The molecule has 1 aromatic rings. The number of hydrogen-bond acceptors (Lipinski definition) is 5. The summed E-state index contributed by atoms with van der Waals surface area (Å²) in [6.07, 6.45) is 0. The van der Waals surface area contributed by atoms with Gasteiger partial charge in [-0.1, -0.05) is 11.3 Å². The third-order valence-electron chi connectivity index (χ3n) is 1.91. The second-order valence-corrected chi connectivity index (χ2v) is 5.89. The van der Waals surface area contributed by atoms with Gasteiger partial charge in [0.2, 0.25) is 5.91 Å². The molecule has 0 bridgehead atoms. The molecule has 100 valence electrons. The number of carboxylic acid groups (broad SMARTS) is 1. The molecule has 0 aliphatic rings. The SMILES string of the molecule is Cc1nc(NCC(=O)NC(C)(C)C)sc1C(=O)O. The van der Waals surface area contributed by atoms with Crippen molar-refractivity contribution in [2.75, 3.05) is 11.9 Å². The van der Waals surface area contributed by atoms with E-state index in [1.807, 2.05) is 20.8 Å². The average molecular weight is 271 g/mol. The number of anilines is 1. The molecule has 0 fully saturated rings. The maximum atomic E-state index is 11.5. The molecular weight excluding hydrogens is 254 g/mol. The molecule has 1 heterocycles. The monoisotopic (exact) mass is 271 g/mol. The van der Waals surface area contributed by atoms with Crippen LogP contribution in [0.15, 0.2) is 0 Å². The van der Waals surface area contributed by atoms with Gasteiger partial charge in [0.05, 0.1) is 12.2 Å². The molecule has 0 spiro atoms. The van der Waals surface area contributed by atoms with Crippen molar-refractivity contribution >= 4 is 28.3 Å². The van der Waals surface area contributed by atoms with Crippen LogP contribution in [0.1, 0.15) is 36.1 Å². The third kappa shape index (κ3) is 4.33. The highest BCUT2D eigenvalue weighted by Gasteiger charge is 2.16. The molecule has 0 radical (unpaired) electrons. The number of nitrogens with one attached hydrogen (secondary N) is 2. The molecule has 1 aromatic heterocycles. The summed E-state index contributed by atoms with van der Waals surface area (Å²) < 4.78 is 0. The molecule has 1 amide bonds. The Morgan fingerprint density at radius 1 is 1.39 bits per heavy atom. The Labute approximate surface area is 109 Å². The summed E-state index contributed by atoms with van der Waals surface area (Å²) in [6.45, 7) is 7.37. The second-order valence-electron chi connectivity index (χ2n) is 4.89. The second kappa shape index (κ2) is 5.34. The Hall–Kier alpha value is -1.63. The first-order valence-electron chi connectivity index (χ1n) is 5.44. The van der Waals surface area contributed by atoms with Crippen molar-refractivity contribution < 1.29 is 14.7 Å². The van der Waals surface area contributed by atoms with Crippen LogP contribution in [0.2, 0.25) is 0 Å². The molecule has 7 heteroatoms. The number of hydrogen-bond donors (Lipinski definition) is 3. The van der Waals surface area contributed by atoms with Crippen molar-refractivity contribution in [2.45, 2.75) is 33.2 Å². The molecule has 0 unspecified atom stereocenters. The zero-order valence-electron chi connectivity index (χ0n) is 10.8. The Morgan fingerprint density at radius 3 is 2.44 bits per heavy atom. The smallest absolute Gasteiger partial charge is 0.347 e. The van der Waals surface area contributed by atoms with Crippen LogP contribution in [0.3, 0.4) is 0 Å². The highest BCUT2D eigenvalue weighted by Crippen LogP contribution is 2.21. The first-order valence-corrected chi connectivity index (χ1v) is 6.26. The van der Waals surface area contributed by atoms with Crippen LogP contribution in [0.5, 0.6) is 0 Å². The maximum Gasteiger partial charge on any atom is 0.347 e. The van der Waals surface area contributed by atoms with Crippen LogP contribution in [-0.4, -0.2) is 34.1 Å². The number of aromatic carboxylic acids is 1. The minimum absolute atomic E-state index is 0.0727. The van der Waals surface area contributed by atoms with Gasteiger partial charge in [0.15, 0.2) is 5.13 Å². The van der Waals surface area contributed by atoms with Gasteiger partial charge in [0, 0.05) is 5.54 Å². The van der Waals surface area contributed by atoms with Gasteiger partial charge >= 0.3 is 5.97 Å². The molecule has 1 rings (SSSR count).